The van der Waals surface area contributed by atoms with Gasteiger partial charge in [-0.25, -0.2) is 0 Å². The molecule has 1 heterocycles. The minimum atomic E-state index is -1.14. The Labute approximate surface area is 114 Å². The zero-order valence-electron chi connectivity index (χ0n) is 10.7. The molecule has 0 saturated carbocycles. The summed E-state index contributed by atoms with van der Waals surface area (Å²) in [6.07, 6.45) is 1.58. The maximum Gasteiger partial charge on any atom is 0.322 e. The molecule has 3 N–H and O–H groups in total. The quantitative estimate of drug-likeness (QED) is 0.680. The van der Waals surface area contributed by atoms with Crippen LogP contribution in [-0.2, 0) is 20.8 Å². The molecule has 20 heavy (non-hydrogen) atoms. The Hall–Kier alpha value is -2.63. The summed E-state index contributed by atoms with van der Waals surface area (Å²) in [5, 5.41) is 11.5. The number of carboxylic acid groups (broad SMARTS) is 1. The van der Waals surface area contributed by atoms with E-state index >= 15 is 0 Å². The summed E-state index contributed by atoms with van der Waals surface area (Å²) in [5.41, 5.74) is 1.77. The number of aliphatic carboxylic acids is 1. The van der Waals surface area contributed by atoms with Crippen molar-refractivity contribution in [2.24, 2.45) is 0 Å². The van der Waals surface area contributed by atoms with Gasteiger partial charge in [-0.2, -0.15) is 0 Å². The molecule has 0 radical (unpaired) electrons. The molecule has 0 atom stereocenters. The van der Waals surface area contributed by atoms with Crippen LogP contribution in [0.15, 0.2) is 30.5 Å². The summed E-state index contributed by atoms with van der Waals surface area (Å²) in [5.74, 6) is -1.96. The van der Waals surface area contributed by atoms with Crippen LogP contribution in [-0.4, -0.2) is 34.3 Å². The van der Waals surface area contributed by atoms with E-state index < -0.39 is 18.4 Å². The zero-order chi connectivity index (χ0) is 14.5. The van der Waals surface area contributed by atoms with E-state index in [2.05, 4.69) is 10.3 Å². The molecule has 0 spiro atoms. The van der Waals surface area contributed by atoms with E-state index in [4.69, 9.17) is 5.11 Å². The lowest BCUT2D eigenvalue weighted by Gasteiger charge is -2.02. The molecule has 2 rings (SSSR count). The second-order valence-corrected chi connectivity index (χ2v) is 4.42. The highest BCUT2D eigenvalue weighted by Gasteiger charge is 2.13. The molecular formula is C14H14N2O4. The van der Waals surface area contributed by atoms with E-state index in [0.29, 0.717) is 0 Å². The molecule has 1 aromatic heterocycles. The number of carbonyl (C=O) groups excluding carboxylic acids is 2. The third-order valence-corrected chi connectivity index (χ3v) is 2.86. The topological polar surface area (TPSA) is 99.3 Å². The summed E-state index contributed by atoms with van der Waals surface area (Å²) >= 11 is 0. The van der Waals surface area contributed by atoms with E-state index in [0.717, 1.165) is 16.5 Å². The first-order valence-corrected chi connectivity index (χ1v) is 6.11. The number of H-pyrrole nitrogens is 1. The zero-order valence-corrected chi connectivity index (χ0v) is 10.7. The van der Waals surface area contributed by atoms with Crippen LogP contribution in [0.1, 0.15) is 12.0 Å². The first-order valence-electron chi connectivity index (χ1n) is 6.11. The molecular weight excluding hydrogens is 260 g/mol. The third kappa shape index (κ3) is 3.44. The summed E-state index contributed by atoms with van der Waals surface area (Å²) in [7, 11) is 0. The fourth-order valence-corrected chi connectivity index (χ4v) is 1.97. The van der Waals surface area contributed by atoms with Gasteiger partial charge in [0.15, 0.2) is 0 Å². The van der Waals surface area contributed by atoms with Gasteiger partial charge in [0.25, 0.3) is 0 Å². The minimum absolute atomic E-state index is 0.143. The Bertz CT molecular complexity index is 660. The number of Topliss-reactive ketones (excluding diaryl/α,β-unsaturated/α-hetero) is 1. The van der Waals surface area contributed by atoms with Crippen LogP contribution in [0.5, 0.6) is 0 Å². The van der Waals surface area contributed by atoms with Crippen molar-refractivity contribution in [3.8, 4) is 0 Å². The average molecular weight is 274 g/mol. The number of aromatic nitrogens is 1. The number of para-hydroxylation sites is 1. The molecule has 104 valence electrons. The molecule has 0 aliphatic rings. The Morgan fingerprint density at radius 3 is 2.70 bits per heavy atom. The molecule has 1 aromatic carbocycles. The summed E-state index contributed by atoms with van der Waals surface area (Å²) in [6, 6.07) is 7.58. The SMILES string of the molecule is O=C(O)CNC(=O)CC(=O)Cc1c[nH]c2ccccc12. The van der Waals surface area contributed by atoms with Crippen molar-refractivity contribution < 1.29 is 19.5 Å². The fourth-order valence-electron chi connectivity index (χ4n) is 1.97. The van der Waals surface area contributed by atoms with Crippen LogP contribution in [0.25, 0.3) is 10.9 Å². The molecule has 0 aliphatic heterocycles. The number of nitrogens with one attached hydrogen (secondary N) is 2. The Kier molecular flexibility index (Phi) is 4.14. The predicted molar refractivity (Wildman–Crippen MR) is 72.3 cm³/mol. The number of rotatable bonds is 6. The van der Waals surface area contributed by atoms with Crippen molar-refractivity contribution in [2.45, 2.75) is 12.8 Å². The Morgan fingerprint density at radius 1 is 1.20 bits per heavy atom. The molecule has 6 nitrogen and oxygen atoms in total. The normalized spacial score (nSPS) is 10.4. The van der Waals surface area contributed by atoms with E-state index in [9.17, 15) is 14.4 Å². The summed E-state index contributed by atoms with van der Waals surface area (Å²) in [6.45, 7) is -0.473. The van der Waals surface area contributed by atoms with E-state index in [1.54, 1.807) is 6.20 Å². The van der Waals surface area contributed by atoms with E-state index in [1.807, 2.05) is 24.3 Å². The van der Waals surface area contributed by atoms with Crippen molar-refractivity contribution in [3.63, 3.8) is 0 Å². The van der Waals surface area contributed by atoms with Crippen LogP contribution in [0.3, 0.4) is 0 Å². The number of carbonyl (C=O) groups is 3. The highest BCUT2D eigenvalue weighted by Crippen LogP contribution is 2.18. The van der Waals surface area contributed by atoms with Gasteiger partial charge < -0.3 is 15.4 Å². The average Bonchev–Trinajstić information content (AvgIpc) is 2.80. The van der Waals surface area contributed by atoms with Gasteiger partial charge in [0.1, 0.15) is 12.3 Å². The highest BCUT2D eigenvalue weighted by atomic mass is 16.4. The van der Waals surface area contributed by atoms with Crippen LogP contribution >= 0.6 is 0 Å². The second-order valence-electron chi connectivity index (χ2n) is 4.42. The maximum atomic E-state index is 11.8. The van der Waals surface area contributed by atoms with Gasteiger partial charge in [0, 0.05) is 23.5 Å². The van der Waals surface area contributed by atoms with Crippen molar-refractivity contribution >= 4 is 28.6 Å². The lowest BCUT2D eigenvalue weighted by molar-refractivity contribution is -0.138. The molecule has 1 amide bonds. The van der Waals surface area contributed by atoms with Gasteiger partial charge in [-0.15, -0.1) is 0 Å². The predicted octanol–water partition coefficient (Wildman–Crippen LogP) is 0.870. The van der Waals surface area contributed by atoms with Crippen LogP contribution in [0, 0.1) is 0 Å². The Balaban J connectivity index is 1.94. The van der Waals surface area contributed by atoms with E-state index in [1.165, 1.54) is 0 Å². The van der Waals surface area contributed by atoms with Gasteiger partial charge in [-0.05, 0) is 11.6 Å². The van der Waals surface area contributed by atoms with Gasteiger partial charge in [0.2, 0.25) is 5.91 Å². The lowest BCUT2D eigenvalue weighted by atomic mass is 10.1. The van der Waals surface area contributed by atoms with Gasteiger partial charge in [-0.1, -0.05) is 18.2 Å². The molecule has 2 aromatic rings. The molecule has 0 aliphatic carbocycles. The Morgan fingerprint density at radius 2 is 1.95 bits per heavy atom. The number of fused-ring (bicyclic) bond motifs is 1. The van der Waals surface area contributed by atoms with Crippen LogP contribution in [0.4, 0.5) is 0 Å². The highest BCUT2D eigenvalue weighted by molar-refractivity contribution is 6.01. The first-order chi connectivity index (χ1) is 9.56. The van der Waals surface area contributed by atoms with Gasteiger partial charge in [-0.3, -0.25) is 14.4 Å². The fraction of sp³-hybridized carbons (Fsp3) is 0.214. The minimum Gasteiger partial charge on any atom is -0.480 e. The number of amides is 1. The molecule has 0 fully saturated rings. The van der Waals surface area contributed by atoms with Crippen molar-refractivity contribution in [2.75, 3.05) is 6.54 Å². The molecule has 6 heteroatoms. The third-order valence-electron chi connectivity index (χ3n) is 2.86. The van der Waals surface area contributed by atoms with Crippen LogP contribution < -0.4 is 5.32 Å². The van der Waals surface area contributed by atoms with Gasteiger partial charge >= 0.3 is 5.97 Å². The smallest absolute Gasteiger partial charge is 0.322 e. The van der Waals surface area contributed by atoms with Crippen molar-refractivity contribution in [1.82, 2.24) is 10.3 Å². The standard InChI is InChI=1S/C14H14N2O4/c17-10(6-13(18)16-8-14(19)20)5-9-7-15-12-4-2-1-3-11(9)12/h1-4,7,15H,5-6,8H2,(H,16,18)(H,19,20). The number of ketones is 1. The summed E-state index contributed by atoms with van der Waals surface area (Å²) in [4.78, 5) is 36.5. The maximum absolute atomic E-state index is 11.8. The lowest BCUT2D eigenvalue weighted by Crippen LogP contribution is -2.31. The first kappa shape index (κ1) is 13.8. The number of carboxylic acids is 1. The molecule has 0 saturated heterocycles. The van der Waals surface area contributed by atoms with Gasteiger partial charge in [0.05, 0.1) is 6.42 Å². The van der Waals surface area contributed by atoms with E-state index in [-0.39, 0.29) is 18.6 Å². The number of aromatic amines is 1. The van der Waals surface area contributed by atoms with Crippen molar-refractivity contribution in [3.05, 3.63) is 36.0 Å². The monoisotopic (exact) mass is 274 g/mol. The molecule has 0 bridgehead atoms. The number of hydrogen-bond donors (Lipinski definition) is 3. The largest absolute Gasteiger partial charge is 0.480 e. The van der Waals surface area contributed by atoms with Crippen LogP contribution in [0.2, 0.25) is 0 Å². The number of hydrogen-bond acceptors (Lipinski definition) is 3. The number of benzene rings is 1. The second kappa shape index (κ2) is 6.01. The molecule has 0 unspecified atom stereocenters. The van der Waals surface area contributed by atoms with Crippen molar-refractivity contribution in [1.29, 1.82) is 0 Å². The summed E-state index contributed by atoms with van der Waals surface area (Å²) < 4.78 is 0.